The second-order valence-corrected chi connectivity index (χ2v) is 10.0. The first-order chi connectivity index (χ1) is 15.0. The Morgan fingerprint density at radius 1 is 1.06 bits per heavy atom. The van der Waals surface area contributed by atoms with Crippen LogP contribution in [-0.4, -0.2) is 31.6 Å². The molecule has 1 amide bonds. The molecule has 32 heavy (non-hydrogen) atoms. The summed E-state index contributed by atoms with van der Waals surface area (Å²) in [5.74, 6) is -2.14. The Morgan fingerprint density at radius 2 is 1.69 bits per heavy atom. The molecule has 11 heteroatoms. The van der Waals surface area contributed by atoms with Gasteiger partial charge in [0.15, 0.2) is 21.2 Å². The fourth-order valence-corrected chi connectivity index (χ4v) is 5.91. The maximum atomic E-state index is 13.2. The summed E-state index contributed by atoms with van der Waals surface area (Å²) in [7, 11) is -4.11. The smallest absolute Gasteiger partial charge is 0.418 e. The highest BCUT2D eigenvalue weighted by Gasteiger charge is 2.54. The van der Waals surface area contributed by atoms with Gasteiger partial charge in [-0.05, 0) is 43.2 Å². The van der Waals surface area contributed by atoms with Gasteiger partial charge in [0, 0.05) is 5.02 Å². The van der Waals surface area contributed by atoms with E-state index in [1.807, 2.05) is 5.32 Å². The summed E-state index contributed by atoms with van der Waals surface area (Å²) < 4.78 is 69.0. The zero-order valence-electron chi connectivity index (χ0n) is 16.6. The van der Waals surface area contributed by atoms with Crippen molar-refractivity contribution >= 4 is 39.0 Å². The highest BCUT2D eigenvalue weighted by Crippen LogP contribution is 2.41. The summed E-state index contributed by atoms with van der Waals surface area (Å²) in [6, 6.07) is 10.2. The molecule has 1 saturated carbocycles. The van der Waals surface area contributed by atoms with Gasteiger partial charge in [0.2, 0.25) is 0 Å². The molecule has 0 aromatic heterocycles. The number of hydrogen-bond donors (Lipinski definition) is 1. The summed E-state index contributed by atoms with van der Waals surface area (Å²) in [4.78, 5) is 25.0. The number of ether oxygens (including phenoxy) is 1. The van der Waals surface area contributed by atoms with E-state index in [0.717, 1.165) is 6.07 Å². The third kappa shape index (κ3) is 4.75. The molecule has 6 nitrogen and oxygen atoms in total. The Labute approximate surface area is 187 Å². The van der Waals surface area contributed by atoms with E-state index in [1.165, 1.54) is 30.3 Å². The first-order valence-electron chi connectivity index (χ1n) is 9.61. The van der Waals surface area contributed by atoms with Crippen molar-refractivity contribution in [1.29, 1.82) is 0 Å². The number of carbonyl (C=O) groups excluding carboxylic acids is 2. The molecule has 1 fully saturated rings. The number of carbonyl (C=O) groups is 2. The zero-order valence-corrected chi connectivity index (χ0v) is 18.2. The van der Waals surface area contributed by atoms with Crippen molar-refractivity contribution in [3.63, 3.8) is 0 Å². The predicted octanol–water partition coefficient (Wildman–Crippen LogP) is 4.63. The highest BCUT2D eigenvalue weighted by atomic mass is 35.5. The number of sulfone groups is 1. The number of anilines is 1. The molecule has 0 radical (unpaired) electrons. The molecule has 0 aliphatic heterocycles. The van der Waals surface area contributed by atoms with Crippen LogP contribution in [0.5, 0.6) is 0 Å². The number of halogens is 4. The fourth-order valence-electron chi connectivity index (χ4n) is 3.66. The first kappa shape index (κ1) is 24.1. The molecule has 0 atom stereocenters. The molecule has 1 aliphatic rings. The van der Waals surface area contributed by atoms with Crippen molar-refractivity contribution in [3.05, 3.63) is 59.1 Å². The molecule has 172 valence electrons. The third-order valence-corrected chi connectivity index (χ3v) is 7.98. The number of alkyl halides is 3. The minimum atomic E-state index is -4.78. The van der Waals surface area contributed by atoms with Crippen LogP contribution in [0.2, 0.25) is 5.02 Å². The molecule has 0 saturated heterocycles. The Bertz CT molecular complexity index is 1110. The van der Waals surface area contributed by atoms with Gasteiger partial charge in [0.25, 0.3) is 5.91 Å². The quantitative estimate of drug-likeness (QED) is 0.598. The minimum Gasteiger partial charge on any atom is -0.454 e. The molecule has 0 heterocycles. The number of esters is 1. The molecule has 0 bridgehead atoms. The number of hydrogen-bond acceptors (Lipinski definition) is 5. The minimum absolute atomic E-state index is 0.0279. The van der Waals surface area contributed by atoms with Crippen LogP contribution in [-0.2, 0) is 30.3 Å². The average Bonchev–Trinajstić information content (AvgIpc) is 3.25. The van der Waals surface area contributed by atoms with E-state index in [2.05, 4.69) is 0 Å². The van der Waals surface area contributed by atoms with Crippen LogP contribution in [0.15, 0.2) is 53.4 Å². The second kappa shape index (κ2) is 9.11. The largest absolute Gasteiger partial charge is 0.454 e. The standard InChI is InChI=1S/C21H19ClF3NO5S/c22-14-8-9-17(16(12-14)21(23,24)25)26-18(27)13-31-19(28)20(10-4-5-11-20)32(29,30)15-6-2-1-3-7-15/h1-3,6-9,12H,4-5,10-11,13H2,(H,26,27). The van der Waals surface area contributed by atoms with Crippen molar-refractivity contribution in [2.24, 2.45) is 0 Å². The van der Waals surface area contributed by atoms with Crippen LogP contribution in [0.1, 0.15) is 31.2 Å². The Balaban J connectivity index is 1.75. The lowest BCUT2D eigenvalue weighted by Crippen LogP contribution is -2.46. The molecular formula is C21H19ClF3NO5S. The topological polar surface area (TPSA) is 89.5 Å². The summed E-state index contributed by atoms with van der Waals surface area (Å²) in [6.45, 7) is -0.940. The number of benzene rings is 2. The molecule has 3 rings (SSSR count). The molecule has 1 aliphatic carbocycles. The van der Waals surface area contributed by atoms with Crippen LogP contribution < -0.4 is 5.32 Å². The predicted molar refractivity (Wildman–Crippen MR) is 111 cm³/mol. The SMILES string of the molecule is O=C(COC(=O)C1(S(=O)(=O)c2ccccc2)CCCC1)Nc1ccc(Cl)cc1C(F)(F)F. The van der Waals surface area contributed by atoms with Gasteiger partial charge < -0.3 is 10.1 Å². The van der Waals surface area contributed by atoms with E-state index in [9.17, 15) is 31.2 Å². The average molecular weight is 490 g/mol. The normalized spacial score (nSPS) is 15.9. The molecule has 0 unspecified atom stereocenters. The summed E-state index contributed by atoms with van der Waals surface area (Å²) in [5, 5.41) is 1.86. The van der Waals surface area contributed by atoms with Crippen molar-refractivity contribution in [3.8, 4) is 0 Å². The van der Waals surface area contributed by atoms with E-state index in [0.29, 0.717) is 18.9 Å². The summed E-state index contributed by atoms with van der Waals surface area (Å²) >= 11 is 5.60. The summed E-state index contributed by atoms with van der Waals surface area (Å²) in [6.07, 6.45) is -3.76. The van der Waals surface area contributed by atoms with Crippen molar-refractivity contribution in [2.45, 2.75) is 41.5 Å². The second-order valence-electron chi connectivity index (χ2n) is 7.33. The van der Waals surface area contributed by atoms with Gasteiger partial charge >= 0.3 is 12.1 Å². The van der Waals surface area contributed by atoms with Gasteiger partial charge in [0.05, 0.1) is 16.1 Å². The van der Waals surface area contributed by atoms with Gasteiger partial charge in [0.1, 0.15) is 0 Å². The van der Waals surface area contributed by atoms with Crippen molar-refractivity contribution in [1.82, 2.24) is 0 Å². The van der Waals surface area contributed by atoms with Gasteiger partial charge in [-0.25, -0.2) is 8.42 Å². The number of rotatable bonds is 6. The summed E-state index contributed by atoms with van der Waals surface area (Å²) in [5.41, 5.74) is -1.72. The van der Waals surface area contributed by atoms with Crippen molar-refractivity contribution in [2.75, 3.05) is 11.9 Å². The van der Waals surface area contributed by atoms with Crippen molar-refractivity contribution < 1.29 is 35.9 Å². The van der Waals surface area contributed by atoms with Gasteiger partial charge in [-0.3, -0.25) is 9.59 Å². The maximum absolute atomic E-state index is 13.2. The van der Waals surface area contributed by atoms with E-state index in [1.54, 1.807) is 6.07 Å². The van der Waals surface area contributed by atoms with E-state index < -0.39 is 50.5 Å². The lowest BCUT2D eigenvalue weighted by Gasteiger charge is -2.26. The van der Waals surface area contributed by atoms with Gasteiger partial charge in [-0.1, -0.05) is 42.6 Å². The van der Waals surface area contributed by atoms with Gasteiger partial charge in [-0.2, -0.15) is 13.2 Å². The Kier molecular flexibility index (Phi) is 6.85. The molecule has 2 aromatic carbocycles. The van der Waals surface area contributed by atoms with E-state index in [4.69, 9.17) is 16.3 Å². The number of amides is 1. The van der Waals surface area contributed by atoms with Crippen LogP contribution in [0.3, 0.4) is 0 Å². The number of nitrogens with one attached hydrogen (secondary N) is 1. The first-order valence-corrected chi connectivity index (χ1v) is 11.5. The Morgan fingerprint density at radius 3 is 2.28 bits per heavy atom. The maximum Gasteiger partial charge on any atom is 0.418 e. The fraction of sp³-hybridized carbons (Fsp3) is 0.333. The molecule has 2 aromatic rings. The van der Waals surface area contributed by atoms with E-state index in [-0.39, 0.29) is 22.8 Å². The Hall–Kier alpha value is -2.59. The van der Waals surface area contributed by atoms with Crippen LogP contribution >= 0.6 is 11.6 Å². The molecule has 0 spiro atoms. The monoisotopic (exact) mass is 489 g/mol. The lowest BCUT2D eigenvalue weighted by atomic mass is 10.1. The van der Waals surface area contributed by atoms with Crippen LogP contribution in [0.4, 0.5) is 18.9 Å². The van der Waals surface area contributed by atoms with E-state index >= 15 is 0 Å². The molecular weight excluding hydrogens is 471 g/mol. The molecule has 1 N–H and O–H groups in total. The van der Waals surface area contributed by atoms with Crippen LogP contribution in [0, 0.1) is 0 Å². The lowest BCUT2D eigenvalue weighted by molar-refractivity contribution is -0.150. The zero-order chi connectivity index (χ0) is 23.6. The van der Waals surface area contributed by atoms with Crippen LogP contribution in [0.25, 0.3) is 0 Å². The van der Waals surface area contributed by atoms with Gasteiger partial charge in [-0.15, -0.1) is 0 Å². The highest BCUT2D eigenvalue weighted by molar-refractivity contribution is 7.93. The third-order valence-electron chi connectivity index (χ3n) is 5.25.